The average Bonchev–Trinajstić information content (AvgIpc) is 2.52. The molecule has 3 rings (SSSR count). The van der Waals surface area contributed by atoms with E-state index in [1.165, 1.54) is 10.8 Å². The summed E-state index contributed by atoms with van der Waals surface area (Å²) in [5.74, 6) is 0.800. The van der Waals surface area contributed by atoms with E-state index in [-0.39, 0.29) is 0 Å². The number of hydrogen-bond donors (Lipinski definition) is 1. The van der Waals surface area contributed by atoms with Crippen molar-refractivity contribution >= 4 is 10.8 Å². The summed E-state index contributed by atoms with van der Waals surface area (Å²) in [7, 11) is 0. The van der Waals surface area contributed by atoms with E-state index in [2.05, 4.69) is 64.7 Å². The highest BCUT2D eigenvalue weighted by Gasteiger charge is 2.06. The Morgan fingerprint density at radius 3 is 2.57 bits per heavy atom. The minimum atomic E-state index is 0.778. The van der Waals surface area contributed by atoms with Gasteiger partial charge in [0.1, 0.15) is 0 Å². The van der Waals surface area contributed by atoms with E-state index < -0.39 is 0 Å². The molecule has 3 nitrogen and oxygen atoms in total. The van der Waals surface area contributed by atoms with Crippen LogP contribution in [0.25, 0.3) is 22.2 Å². The molecule has 21 heavy (non-hydrogen) atoms. The zero-order valence-electron chi connectivity index (χ0n) is 12.4. The molecule has 2 aromatic carbocycles. The molecule has 0 atom stereocenters. The van der Waals surface area contributed by atoms with Crippen molar-refractivity contribution in [3.8, 4) is 11.4 Å². The van der Waals surface area contributed by atoms with Gasteiger partial charge in [-0.05, 0) is 36.4 Å². The Balaban J connectivity index is 2.02. The molecule has 0 radical (unpaired) electrons. The minimum absolute atomic E-state index is 0.778. The van der Waals surface area contributed by atoms with E-state index >= 15 is 0 Å². The summed E-state index contributed by atoms with van der Waals surface area (Å²) in [5.41, 5.74) is 3.10. The maximum Gasteiger partial charge on any atom is 0.159 e. The standard InChI is InChI=1S/C18H19N3/c1-3-19-12-17-10-13(2)20-18(21-17)16-9-8-14-6-4-5-7-15(14)11-16/h4-11,19H,3,12H2,1-2H3. The van der Waals surface area contributed by atoms with Crippen molar-refractivity contribution in [1.29, 1.82) is 0 Å². The van der Waals surface area contributed by atoms with Gasteiger partial charge in [-0.25, -0.2) is 9.97 Å². The van der Waals surface area contributed by atoms with Crippen LogP contribution >= 0.6 is 0 Å². The van der Waals surface area contributed by atoms with Crippen molar-refractivity contribution in [3.05, 3.63) is 59.9 Å². The molecular formula is C18H19N3. The molecule has 0 aliphatic heterocycles. The van der Waals surface area contributed by atoms with E-state index in [1.54, 1.807) is 0 Å². The van der Waals surface area contributed by atoms with Gasteiger partial charge < -0.3 is 5.32 Å². The van der Waals surface area contributed by atoms with Gasteiger partial charge in [-0.15, -0.1) is 0 Å². The summed E-state index contributed by atoms with van der Waals surface area (Å²) in [6, 6.07) is 16.8. The summed E-state index contributed by atoms with van der Waals surface area (Å²) < 4.78 is 0. The normalized spacial score (nSPS) is 11.0. The molecule has 1 heterocycles. The van der Waals surface area contributed by atoms with Crippen LogP contribution in [0.1, 0.15) is 18.3 Å². The van der Waals surface area contributed by atoms with Crippen LogP contribution < -0.4 is 5.32 Å². The van der Waals surface area contributed by atoms with Crippen LogP contribution in [-0.4, -0.2) is 16.5 Å². The van der Waals surface area contributed by atoms with Crippen LogP contribution in [0.15, 0.2) is 48.5 Å². The second-order valence-corrected chi connectivity index (χ2v) is 5.17. The molecular weight excluding hydrogens is 258 g/mol. The second-order valence-electron chi connectivity index (χ2n) is 5.17. The molecule has 0 unspecified atom stereocenters. The fraction of sp³-hybridized carbons (Fsp3) is 0.222. The van der Waals surface area contributed by atoms with Crippen LogP contribution in [0.4, 0.5) is 0 Å². The molecule has 0 aliphatic rings. The number of hydrogen-bond acceptors (Lipinski definition) is 3. The second kappa shape index (κ2) is 6.02. The van der Waals surface area contributed by atoms with Gasteiger partial charge >= 0.3 is 0 Å². The molecule has 0 fully saturated rings. The first-order valence-electron chi connectivity index (χ1n) is 7.30. The highest BCUT2D eigenvalue weighted by atomic mass is 14.9. The first-order chi connectivity index (χ1) is 10.3. The van der Waals surface area contributed by atoms with E-state index in [0.717, 1.165) is 35.9 Å². The molecule has 0 bridgehead atoms. The lowest BCUT2D eigenvalue weighted by atomic mass is 10.1. The number of fused-ring (bicyclic) bond motifs is 1. The molecule has 1 N–H and O–H groups in total. The summed E-state index contributed by atoms with van der Waals surface area (Å²) in [6.45, 7) is 5.83. The Bertz CT molecular complexity index is 765. The monoisotopic (exact) mass is 277 g/mol. The highest BCUT2D eigenvalue weighted by molar-refractivity contribution is 5.86. The summed E-state index contributed by atoms with van der Waals surface area (Å²) in [4.78, 5) is 9.25. The third-order valence-corrected chi connectivity index (χ3v) is 3.47. The first-order valence-corrected chi connectivity index (χ1v) is 7.30. The number of aromatic nitrogens is 2. The fourth-order valence-electron chi connectivity index (χ4n) is 2.43. The molecule has 106 valence electrons. The first kappa shape index (κ1) is 13.7. The molecule has 0 saturated heterocycles. The largest absolute Gasteiger partial charge is 0.311 e. The fourth-order valence-corrected chi connectivity index (χ4v) is 2.43. The minimum Gasteiger partial charge on any atom is -0.311 e. The van der Waals surface area contributed by atoms with Gasteiger partial charge in [-0.2, -0.15) is 0 Å². The van der Waals surface area contributed by atoms with Crippen molar-refractivity contribution < 1.29 is 0 Å². The van der Waals surface area contributed by atoms with Gasteiger partial charge in [0.2, 0.25) is 0 Å². The van der Waals surface area contributed by atoms with E-state index in [4.69, 9.17) is 0 Å². The number of nitrogens with one attached hydrogen (secondary N) is 1. The number of rotatable bonds is 4. The van der Waals surface area contributed by atoms with Crippen LogP contribution in [0.2, 0.25) is 0 Å². The summed E-state index contributed by atoms with van der Waals surface area (Å²) in [6.07, 6.45) is 0. The molecule has 0 amide bonds. The zero-order valence-corrected chi connectivity index (χ0v) is 12.4. The average molecular weight is 277 g/mol. The predicted molar refractivity (Wildman–Crippen MR) is 87.1 cm³/mol. The molecule has 3 aromatic rings. The third kappa shape index (κ3) is 3.09. The van der Waals surface area contributed by atoms with Gasteiger partial charge in [-0.3, -0.25) is 0 Å². The van der Waals surface area contributed by atoms with Crippen molar-refractivity contribution in [2.24, 2.45) is 0 Å². The van der Waals surface area contributed by atoms with E-state index in [9.17, 15) is 0 Å². The van der Waals surface area contributed by atoms with Gasteiger partial charge in [0.05, 0.1) is 5.69 Å². The Morgan fingerprint density at radius 2 is 1.76 bits per heavy atom. The van der Waals surface area contributed by atoms with Crippen LogP contribution in [0.5, 0.6) is 0 Å². The zero-order chi connectivity index (χ0) is 14.7. The maximum atomic E-state index is 4.67. The number of aryl methyl sites for hydroxylation is 1. The molecule has 0 aliphatic carbocycles. The SMILES string of the molecule is CCNCc1cc(C)nc(-c2ccc3ccccc3c2)n1. The van der Waals surface area contributed by atoms with E-state index in [0.29, 0.717) is 0 Å². The van der Waals surface area contributed by atoms with Crippen LogP contribution in [0.3, 0.4) is 0 Å². The molecule has 1 aromatic heterocycles. The highest BCUT2D eigenvalue weighted by Crippen LogP contribution is 2.22. The van der Waals surface area contributed by atoms with Crippen LogP contribution in [0, 0.1) is 6.92 Å². The Morgan fingerprint density at radius 1 is 0.952 bits per heavy atom. The molecule has 0 saturated carbocycles. The molecule has 0 spiro atoms. The predicted octanol–water partition coefficient (Wildman–Crippen LogP) is 3.71. The lowest BCUT2D eigenvalue weighted by Crippen LogP contribution is -2.13. The maximum absolute atomic E-state index is 4.67. The van der Waals surface area contributed by atoms with Gasteiger partial charge in [-0.1, -0.05) is 43.3 Å². The smallest absolute Gasteiger partial charge is 0.159 e. The number of nitrogens with zero attached hydrogens (tertiary/aromatic N) is 2. The van der Waals surface area contributed by atoms with E-state index in [1.807, 2.05) is 13.0 Å². The van der Waals surface area contributed by atoms with Crippen molar-refractivity contribution in [1.82, 2.24) is 15.3 Å². The third-order valence-electron chi connectivity index (χ3n) is 3.47. The summed E-state index contributed by atoms with van der Waals surface area (Å²) in [5, 5.41) is 5.76. The Kier molecular flexibility index (Phi) is 3.93. The Hall–Kier alpha value is -2.26. The van der Waals surface area contributed by atoms with Gasteiger partial charge in [0.15, 0.2) is 5.82 Å². The summed E-state index contributed by atoms with van der Waals surface area (Å²) >= 11 is 0. The quantitative estimate of drug-likeness (QED) is 0.790. The molecule has 3 heteroatoms. The van der Waals surface area contributed by atoms with Crippen molar-refractivity contribution in [3.63, 3.8) is 0 Å². The van der Waals surface area contributed by atoms with Gasteiger partial charge in [0.25, 0.3) is 0 Å². The van der Waals surface area contributed by atoms with Crippen molar-refractivity contribution in [2.75, 3.05) is 6.54 Å². The van der Waals surface area contributed by atoms with Crippen molar-refractivity contribution in [2.45, 2.75) is 20.4 Å². The van der Waals surface area contributed by atoms with Crippen LogP contribution in [-0.2, 0) is 6.54 Å². The Labute approximate surface area is 125 Å². The topological polar surface area (TPSA) is 37.8 Å². The lowest BCUT2D eigenvalue weighted by molar-refractivity contribution is 0.708. The number of benzene rings is 2. The lowest BCUT2D eigenvalue weighted by Gasteiger charge is -2.07. The van der Waals surface area contributed by atoms with Gasteiger partial charge in [0, 0.05) is 17.8 Å².